The van der Waals surface area contributed by atoms with Crippen LogP contribution in [0, 0.1) is 6.92 Å². The maximum atomic E-state index is 11.8. The van der Waals surface area contributed by atoms with Gasteiger partial charge in [-0.1, -0.05) is 12.1 Å². The second-order valence-corrected chi connectivity index (χ2v) is 7.93. The van der Waals surface area contributed by atoms with Gasteiger partial charge in [-0.15, -0.1) is 0 Å². The van der Waals surface area contributed by atoms with Gasteiger partial charge in [0.1, 0.15) is 5.65 Å². The lowest BCUT2D eigenvalue weighted by Gasteiger charge is -2.16. The first kappa shape index (κ1) is 14.3. The number of imidazole rings is 1. The zero-order chi connectivity index (χ0) is 16.2. The molecule has 0 aliphatic carbocycles. The maximum absolute atomic E-state index is 11.8. The third-order valence-corrected chi connectivity index (χ3v) is 5.41. The van der Waals surface area contributed by atoms with Gasteiger partial charge in [-0.25, -0.2) is 13.4 Å². The number of benzene rings is 1. The van der Waals surface area contributed by atoms with Crippen LogP contribution in [-0.2, 0) is 16.4 Å². The molecule has 0 N–H and O–H groups in total. The normalized spacial score (nSPS) is 14.4. The fourth-order valence-electron chi connectivity index (χ4n) is 3.12. The summed E-state index contributed by atoms with van der Waals surface area (Å²) in [5, 5.41) is 0. The number of hydrogen-bond acceptors (Lipinski definition) is 3. The van der Waals surface area contributed by atoms with Crippen molar-refractivity contribution in [2.75, 3.05) is 17.1 Å². The molecule has 1 aliphatic rings. The molecular formula is C17H17N3O2S. The van der Waals surface area contributed by atoms with Crippen LogP contribution in [0.4, 0.5) is 5.69 Å². The molecule has 2 aromatic heterocycles. The highest BCUT2D eigenvalue weighted by atomic mass is 32.2. The third kappa shape index (κ3) is 2.39. The molecule has 0 amide bonds. The van der Waals surface area contributed by atoms with Crippen molar-refractivity contribution in [1.82, 2.24) is 9.38 Å². The van der Waals surface area contributed by atoms with Crippen molar-refractivity contribution in [3.8, 4) is 11.3 Å². The highest BCUT2D eigenvalue weighted by Gasteiger charge is 2.26. The summed E-state index contributed by atoms with van der Waals surface area (Å²) in [6.45, 7) is 2.57. The summed E-state index contributed by atoms with van der Waals surface area (Å²) in [7, 11) is -3.21. The molecule has 0 saturated heterocycles. The number of pyridine rings is 1. The van der Waals surface area contributed by atoms with E-state index in [0.717, 1.165) is 34.6 Å². The van der Waals surface area contributed by atoms with E-state index in [0.29, 0.717) is 6.54 Å². The molecule has 0 fully saturated rings. The van der Waals surface area contributed by atoms with E-state index in [4.69, 9.17) is 0 Å². The van der Waals surface area contributed by atoms with Crippen LogP contribution < -0.4 is 4.31 Å². The maximum Gasteiger partial charge on any atom is 0.232 e. The third-order valence-electron chi connectivity index (χ3n) is 4.23. The van der Waals surface area contributed by atoms with Gasteiger partial charge in [-0.3, -0.25) is 4.31 Å². The molecule has 23 heavy (non-hydrogen) atoms. The van der Waals surface area contributed by atoms with Crippen LogP contribution in [0.2, 0.25) is 0 Å². The zero-order valence-electron chi connectivity index (χ0n) is 13.0. The molecule has 0 spiro atoms. The predicted molar refractivity (Wildman–Crippen MR) is 91.3 cm³/mol. The van der Waals surface area contributed by atoms with Crippen molar-refractivity contribution in [1.29, 1.82) is 0 Å². The first-order valence-electron chi connectivity index (χ1n) is 7.48. The predicted octanol–water partition coefficient (Wildman–Crippen LogP) is 2.63. The molecule has 0 radical (unpaired) electrons. The minimum absolute atomic E-state index is 0.516. The molecule has 3 aromatic rings. The lowest BCUT2D eigenvalue weighted by atomic mass is 10.1. The first-order chi connectivity index (χ1) is 10.9. The van der Waals surface area contributed by atoms with E-state index in [1.54, 1.807) is 0 Å². The summed E-state index contributed by atoms with van der Waals surface area (Å²) in [5.74, 6) is 0. The van der Waals surface area contributed by atoms with E-state index in [-0.39, 0.29) is 0 Å². The molecule has 1 aromatic carbocycles. The van der Waals surface area contributed by atoms with E-state index in [9.17, 15) is 8.42 Å². The van der Waals surface area contributed by atoms with Crippen LogP contribution >= 0.6 is 0 Å². The monoisotopic (exact) mass is 327 g/mol. The molecule has 0 bridgehead atoms. The summed E-state index contributed by atoms with van der Waals surface area (Å²) in [6, 6.07) is 9.91. The molecule has 0 atom stereocenters. The largest absolute Gasteiger partial charge is 0.306 e. The summed E-state index contributed by atoms with van der Waals surface area (Å²) in [4.78, 5) is 4.65. The summed E-state index contributed by atoms with van der Waals surface area (Å²) in [6.07, 6.45) is 6.04. The Morgan fingerprint density at radius 3 is 2.74 bits per heavy atom. The van der Waals surface area contributed by atoms with Gasteiger partial charge in [0.2, 0.25) is 10.0 Å². The van der Waals surface area contributed by atoms with Gasteiger partial charge in [0.05, 0.1) is 17.6 Å². The van der Waals surface area contributed by atoms with Crippen LogP contribution in [0.25, 0.3) is 16.9 Å². The topological polar surface area (TPSA) is 54.7 Å². The van der Waals surface area contributed by atoms with Gasteiger partial charge in [0.15, 0.2) is 0 Å². The van der Waals surface area contributed by atoms with Crippen molar-refractivity contribution < 1.29 is 8.42 Å². The van der Waals surface area contributed by atoms with E-state index in [1.807, 2.05) is 48.0 Å². The number of sulfonamides is 1. The van der Waals surface area contributed by atoms with Crippen LogP contribution in [0.5, 0.6) is 0 Å². The zero-order valence-corrected chi connectivity index (χ0v) is 13.8. The molecule has 1 aliphatic heterocycles. The van der Waals surface area contributed by atoms with Crippen molar-refractivity contribution in [3.05, 3.63) is 53.9 Å². The number of rotatable bonds is 2. The molecule has 6 heteroatoms. The molecule has 0 unspecified atom stereocenters. The highest BCUT2D eigenvalue weighted by Crippen LogP contribution is 2.33. The van der Waals surface area contributed by atoms with Gasteiger partial charge in [-0.05, 0) is 42.7 Å². The SMILES string of the molecule is Cc1ccc2nc(-c3ccc4c(c3)CCN4S(C)(=O)=O)cn2c1. The molecule has 3 heterocycles. The summed E-state index contributed by atoms with van der Waals surface area (Å²) in [5.41, 5.74) is 5.84. The summed E-state index contributed by atoms with van der Waals surface area (Å²) >= 11 is 0. The van der Waals surface area contributed by atoms with Crippen molar-refractivity contribution >= 4 is 21.4 Å². The Labute approximate surface area is 135 Å². The molecule has 118 valence electrons. The van der Waals surface area contributed by atoms with Crippen LogP contribution in [0.3, 0.4) is 0 Å². The Morgan fingerprint density at radius 2 is 1.96 bits per heavy atom. The number of fused-ring (bicyclic) bond motifs is 2. The van der Waals surface area contributed by atoms with Gasteiger partial charge in [-0.2, -0.15) is 0 Å². The van der Waals surface area contributed by atoms with Gasteiger partial charge < -0.3 is 4.40 Å². The minimum Gasteiger partial charge on any atom is -0.306 e. The molecular weight excluding hydrogens is 310 g/mol. The lowest BCUT2D eigenvalue weighted by molar-refractivity contribution is 0.598. The number of nitrogens with zero attached hydrogens (tertiary/aromatic N) is 3. The van der Waals surface area contributed by atoms with Crippen molar-refractivity contribution in [3.63, 3.8) is 0 Å². The Bertz CT molecular complexity index is 1020. The molecule has 0 saturated carbocycles. The van der Waals surface area contributed by atoms with E-state index in [2.05, 4.69) is 11.1 Å². The van der Waals surface area contributed by atoms with Gasteiger partial charge in [0, 0.05) is 24.5 Å². The smallest absolute Gasteiger partial charge is 0.232 e. The van der Waals surface area contributed by atoms with Crippen LogP contribution in [0.1, 0.15) is 11.1 Å². The standard InChI is InChI=1S/C17H17N3O2S/c1-12-3-6-17-18-15(11-19(17)10-12)13-4-5-16-14(9-13)7-8-20(16)23(2,21)22/h3-6,9-11H,7-8H2,1-2H3. The Kier molecular flexibility index (Phi) is 2.99. The molecule has 5 nitrogen and oxygen atoms in total. The van der Waals surface area contributed by atoms with Crippen molar-refractivity contribution in [2.24, 2.45) is 0 Å². The average Bonchev–Trinajstić information content (AvgIpc) is 3.08. The van der Waals surface area contributed by atoms with Crippen LogP contribution in [-0.4, -0.2) is 30.6 Å². The highest BCUT2D eigenvalue weighted by molar-refractivity contribution is 7.92. The number of anilines is 1. The fraction of sp³-hybridized carbons (Fsp3) is 0.235. The molecule has 4 rings (SSSR count). The Balaban J connectivity index is 1.78. The fourth-order valence-corrected chi connectivity index (χ4v) is 4.08. The minimum atomic E-state index is -3.21. The van der Waals surface area contributed by atoms with Gasteiger partial charge >= 0.3 is 0 Å². The van der Waals surface area contributed by atoms with E-state index in [1.165, 1.54) is 16.1 Å². The Morgan fingerprint density at radius 1 is 1.13 bits per heavy atom. The first-order valence-corrected chi connectivity index (χ1v) is 9.33. The number of aryl methyl sites for hydroxylation is 1. The lowest BCUT2D eigenvalue weighted by Crippen LogP contribution is -2.27. The Hall–Kier alpha value is -2.34. The second kappa shape index (κ2) is 4.83. The van der Waals surface area contributed by atoms with Crippen molar-refractivity contribution in [2.45, 2.75) is 13.3 Å². The average molecular weight is 327 g/mol. The van der Waals surface area contributed by atoms with Gasteiger partial charge in [0.25, 0.3) is 0 Å². The second-order valence-electron chi connectivity index (χ2n) is 6.03. The van der Waals surface area contributed by atoms with Crippen LogP contribution in [0.15, 0.2) is 42.7 Å². The summed E-state index contributed by atoms with van der Waals surface area (Å²) < 4.78 is 27.1. The number of aromatic nitrogens is 2. The van der Waals surface area contributed by atoms with E-state index >= 15 is 0 Å². The van der Waals surface area contributed by atoms with E-state index < -0.39 is 10.0 Å². The number of hydrogen-bond donors (Lipinski definition) is 0. The quantitative estimate of drug-likeness (QED) is 0.727.